The molecule has 0 aromatic carbocycles. The van der Waals surface area contributed by atoms with Gasteiger partial charge in [-0.2, -0.15) is 9.38 Å². The first kappa shape index (κ1) is 13.3. The molecule has 0 aliphatic carbocycles. The number of nitrogens with zero attached hydrogens (tertiary/aromatic N) is 3. The standard InChI is InChI=1S/C10H10N4O4S/c11-6(10(15)16)5-19-8-9(14(17)18)13-4-2-1-3-7(13)12-8/h1-4,6H,5,11H2,(H,15,16)/t6-/m0/s1. The molecular weight excluding hydrogens is 272 g/mol. The Morgan fingerprint density at radius 3 is 3.00 bits per heavy atom. The first-order valence-electron chi connectivity index (χ1n) is 5.23. The highest BCUT2D eigenvalue weighted by Crippen LogP contribution is 2.29. The van der Waals surface area contributed by atoms with Gasteiger partial charge in [-0.25, -0.2) is 0 Å². The van der Waals surface area contributed by atoms with Crippen LogP contribution in [0.3, 0.4) is 0 Å². The summed E-state index contributed by atoms with van der Waals surface area (Å²) in [6.07, 6.45) is 1.53. The van der Waals surface area contributed by atoms with Gasteiger partial charge in [-0.15, -0.1) is 0 Å². The average Bonchev–Trinajstić information content (AvgIpc) is 2.73. The van der Waals surface area contributed by atoms with Gasteiger partial charge < -0.3 is 21.0 Å². The Morgan fingerprint density at radius 1 is 1.63 bits per heavy atom. The van der Waals surface area contributed by atoms with E-state index in [1.807, 2.05) is 0 Å². The van der Waals surface area contributed by atoms with E-state index in [1.165, 1.54) is 10.6 Å². The van der Waals surface area contributed by atoms with Crippen LogP contribution in [0.2, 0.25) is 0 Å². The zero-order valence-corrected chi connectivity index (χ0v) is 10.4. The third-order valence-corrected chi connectivity index (χ3v) is 3.44. The second-order valence-electron chi connectivity index (χ2n) is 3.68. The zero-order valence-electron chi connectivity index (χ0n) is 9.59. The molecule has 0 amide bonds. The van der Waals surface area contributed by atoms with Crippen LogP contribution in [0.25, 0.3) is 5.65 Å². The van der Waals surface area contributed by atoms with Gasteiger partial charge >= 0.3 is 11.8 Å². The number of rotatable bonds is 5. The maximum atomic E-state index is 11.1. The van der Waals surface area contributed by atoms with Gasteiger partial charge in [-0.3, -0.25) is 4.79 Å². The molecule has 0 unspecified atom stereocenters. The number of carboxylic acid groups (broad SMARTS) is 1. The van der Waals surface area contributed by atoms with Crippen molar-refractivity contribution in [3.05, 3.63) is 34.5 Å². The first-order valence-corrected chi connectivity index (χ1v) is 6.22. The van der Waals surface area contributed by atoms with E-state index in [0.29, 0.717) is 5.65 Å². The minimum absolute atomic E-state index is 0.0139. The fourth-order valence-corrected chi connectivity index (χ4v) is 2.40. The number of aromatic nitrogens is 2. The molecule has 0 fully saturated rings. The van der Waals surface area contributed by atoms with Crippen LogP contribution in [0.15, 0.2) is 29.4 Å². The lowest BCUT2D eigenvalue weighted by Crippen LogP contribution is -2.32. The smallest absolute Gasteiger partial charge is 0.361 e. The van der Waals surface area contributed by atoms with Crippen molar-refractivity contribution >= 4 is 29.2 Å². The summed E-state index contributed by atoms with van der Waals surface area (Å²) in [5, 5.41) is 19.9. The number of carboxylic acids is 1. The van der Waals surface area contributed by atoms with Crippen LogP contribution in [0.1, 0.15) is 0 Å². The van der Waals surface area contributed by atoms with E-state index < -0.39 is 16.9 Å². The number of nitro groups is 1. The molecule has 3 N–H and O–H groups in total. The maximum Gasteiger partial charge on any atom is 0.361 e. The largest absolute Gasteiger partial charge is 0.480 e. The Hall–Kier alpha value is -2.13. The molecule has 100 valence electrons. The molecule has 0 spiro atoms. The second kappa shape index (κ2) is 5.24. The highest BCUT2D eigenvalue weighted by Gasteiger charge is 2.24. The van der Waals surface area contributed by atoms with Gasteiger partial charge in [0.2, 0.25) is 5.65 Å². The summed E-state index contributed by atoms with van der Waals surface area (Å²) in [6, 6.07) is 3.91. The number of hydrogen-bond donors (Lipinski definition) is 2. The number of hydrogen-bond acceptors (Lipinski definition) is 6. The topological polar surface area (TPSA) is 124 Å². The van der Waals surface area contributed by atoms with Crippen molar-refractivity contribution in [1.29, 1.82) is 0 Å². The Kier molecular flexibility index (Phi) is 3.67. The molecule has 0 saturated carbocycles. The summed E-state index contributed by atoms with van der Waals surface area (Å²) in [6.45, 7) is 0. The summed E-state index contributed by atoms with van der Waals surface area (Å²) < 4.78 is 1.34. The monoisotopic (exact) mass is 282 g/mol. The normalized spacial score (nSPS) is 12.5. The van der Waals surface area contributed by atoms with Crippen LogP contribution in [0.4, 0.5) is 5.82 Å². The lowest BCUT2D eigenvalue weighted by molar-refractivity contribution is -0.393. The summed E-state index contributed by atoms with van der Waals surface area (Å²) in [5.74, 6) is -1.32. The highest BCUT2D eigenvalue weighted by atomic mass is 32.2. The molecule has 0 bridgehead atoms. The van der Waals surface area contributed by atoms with Crippen LogP contribution in [-0.4, -0.2) is 37.2 Å². The van der Waals surface area contributed by atoms with Crippen LogP contribution >= 0.6 is 11.8 Å². The lowest BCUT2D eigenvalue weighted by Gasteiger charge is -2.03. The Morgan fingerprint density at radius 2 is 2.37 bits per heavy atom. The predicted octanol–water partition coefficient (Wildman–Crippen LogP) is 0.746. The molecule has 2 aromatic heterocycles. The van der Waals surface area contributed by atoms with Gasteiger partial charge in [-0.1, -0.05) is 17.8 Å². The van der Waals surface area contributed by atoms with Gasteiger partial charge in [0, 0.05) is 11.8 Å². The fourth-order valence-electron chi connectivity index (χ4n) is 1.46. The number of thioether (sulfide) groups is 1. The van der Waals surface area contributed by atoms with E-state index in [9.17, 15) is 14.9 Å². The Labute approximate surface area is 111 Å². The third-order valence-electron chi connectivity index (χ3n) is 2.36. The van der Waals surface area contributed by atoms with Crippen molar-refractivity contribution < 1.29 is 14.8 Å². The van der Waals surface area contributed by atoms with Crippen molar-refractivity contribution in [3.63, 3.8) is 0 Å². The van der Waals surface area contributed by atoms with E-state index >= 15 is 0 Å². The first-order chi connectivity index (χ1) is 9.00. The number of carbonyl (C=O) groups is 1. The lowest BCUT2D eigenvalue weighted by atomic mass is 10.4. The van der Waals surface area contributed by atoms with E-state index in [1.54, 1.807) is 18.2 Å². The fraction of sp³-hybridized carbons (Fsp3) is 0.200. The SMILES string of the molecule is N[C@@H](CSc1nc2ccccn2c1[N+](=O)[O-])C(=O)O. The van der Waals surface area contributed by atoms with Crippen molar-refractivity contribution in [2.45, 2.75) is 11.1 Å². The van der Waals surface area contributed by atoms with Gasteiger partial charge in [0.1, 0.15) is 6.04 Å². The van der Waals surface area contributed by atoms with Crippen LogP contribution in [0, 0.1) is 10.1 Å². The van der Waals surface area contributed by atoms with Gasteiger partial charge in [0.05, 0.1) is 6.20 Å². The van der Waals surface area contributed by atoms with E-state index in [-0.39, 0.29) is 16.6 Å². The molecule has 8 nitrogen and oxygen atoms in total. The molecule has 0 saturated heterocycles. The zero-order chi connectivity index (χ0) is 14.0. The quantitative estimate of drug-likeness (QED) is 0.471. The van der Waals surface area contributed by atoms with Crippen molar-refractivity contribution in [2.75, 3.05) is 5.75 Å². The third kappa shape index (κ3) is 2.66. The molecule has 19 heavy (non-hydrogen) atoms. The summed E-state index contributed by atoms with van der Waals surface area (Å²) in [5.41, 5.74) is 5.79. The number of aliphatic carboxylic acids is 1. The van der Waals surface area contributed by atoms with Gasteiger partial charge in [0.15, 0.2) is 5.03 Å². The molecule has 1 atom stereocenters. The number of pyridine rings is 1. The highest BCUT2D eigenvalue weighted by molar-refractivity contribution is 7.99. The summed E-state index contributed by atoms with van der Waals surface area (Å²) in [7, 11) is 0. The second-order valence-corrected chi connectivity index (χ2v) is 4.69. The van der Waals surface area contributed by atoms with E-state index in [2.05, 4.69) is 4.98 Å². The minimum atomic E-state index is -1.15. The predicted molar refractivity (Wildman–Crippen MR) is 68.2 cm³/mol. The van der Waals surface area contributed by atoms with Crippen LogP contribution < -0.4 is 5.73 Å². The molecule has 2 rings (SSSR count). The molecule has 0 aliphatic heterocycles. The van der Waals surface area contributed by atoms with Crippen molar-refractivity contribution in [1.82, 2.24) is 9.38 Å². The molecular formula is C10H10N4O4S. The Bertz CT molecular complexity index is 641. The van der Waals surface area contributed by atoms with Crippen LogP contribution in [0.5, 0.6) is 0 Å². The maximum absolute atomic E-state index is 11.1. The van der Waals surface area contributed by atoms with Crippen molar-refractivity contribution in [3.8, 4) is 0 Å². The molecule has 9 heteroatoms. The molecule has 0 aliphatic rings. The molecule has 2 heterocycles. The van der Waals surface area contributed by atoms with E-state index in [0.717, 1.165) is 11.8 Å². The molecule has 0 radical (unpaired) electrons. The summed E-state index contributed by atoms with van der Waals surface area (Å²) in [4.78, 5) is 25.2. The summed E-state index contributed by atoms with van der Waals surface area (Å²) >= 11 is 0.958. The number of fused-ring (bicyclic) bond motifs is 1. The van der Waals surface area contributed by atoms with Crippen LogP contribution in [-0.2, 0) is 4.79 Å². The van der Waals surface area contributed by atoms with Gasteiger partial charge in [0.25, 0.3) is 0 Å². The van der Waals surface area contributed by atoms with Crippen molar-refractivity contribution in [2.24, 2.45) is 5.73 Å². The van der Waals surface area contributed by atoms with E-state index in [4.69, 9.17) is 10.8 Å². The number of imidazole rings is 1. The Balaban J connectivity index is 2.34. The molecule has 2 aromatic rings. The number of nitrogens with two attached hydrogens (primary N) is 1. The average molecular weight is 282 g/mol. The van der Waals surface area contributed by atoms with Gasteiger partial charge in [-0.05, 0) is 11.0 Å². The minimum Gasteiger partial charge on any atom is -0.480 e.